The molecular formula is C27H42N4O4. The molecule has 2 rings (SSSR count). The Morgan fingerprint density at radius 2 is 1.80 bits per heavy atom. The highest BCUT2D eigenvalue weighted by molar-refractivity contribution is 6.38. The van der Waals surface area contributed by atoms with Crippen molar-refractivity contribution in [2.24, 2.45) is 11.1 Å². The van der Waals surface area contributed by atoms with E-state index in [2.05, 4.69) is 5.32 Å². The number of rotatable bonds is 10. The molecule has 1 saturated heterocycles. The first kappa shape index (κ1) is 28.5. The van der Waals surface area contributed by atoms with Crippen molar-refractivity contribution >= 4 is 23.5 Å². The molecule has 3 N–H and O–H groups in total. The average molecular weight is 487 g/mol. The summed E-state index contributed by atoms with van der Waals surface area (Å²) >= 11 is 0. The normalized spacial score (nSPS) is 18.5. The van der Waals surface area contributed by atoms with E-state index in [1.807, 2.05) is 65.0 Å². The lowest BCUT2D eigenvalue weighted by Gasteiger charge is -2.35. The molecule has 1 unspecified atom stereocenters. The molecule has 4 atom stereocenters. The molecule has 1 aromatic rings. The van der Waals surface area contributed by atoms with Gasteiger partial charge in [0, 0.05) is 13.6 Å². The Hall–Kier alpha value is -2.74. The van der Waals surface area contributed by atoms with Crippen LogP contribution in [-0.2, 0) is 19.2 Å². The molecule has 0 bridgehead atoms. The van der Waals surface area contributed by atoms with Gasteiger partial charge in [0.1, 0.15) is 6.04 Å². The summed E-state index contributed by atoms with van der Waals surface area (Å²) in [7, 11) is 1.55. The number of Topliss-reactive ketones (excluding diaryl/α,β-unsaturated/α-hetero) is 1. The Labute approximate surface area is 209 Å². The molecule has 0 aromatic heterocycles. The van der Waals surface area contributed by atoms with Gasteiger partial charge in [-0.25, -0.2) is 0 Å². The van der Waals surface area contributed by atoms with Crippen LogP contribution < -0.4 is 11.1 Å². The van der Waals surface area contributed by atoms with Crippen LogP contribution in [0, 0.1) is 5.41 Å². The zero-order valence-corrected chi connectivity index (χ0v) is 22.0. The largest absolute Gasteiger partial charge is 0.343 e. The lowest BCUT2D eigenvalue weighted by atomic mass is 9.86. The summed E-state index contributed by atoms with van der Waals surface area (Å²) in [6.07, 6.45) is 3.10. The SMILES string of the molecule is CCCCC(C(=O)C(=O)N[C@@H](C)c1ccccc1)N(C)C(=O)[C@@H]1CCCN1C(=O)[C@@H](N)C(C)(C)C. The summed E-state index contributed by atoms with van der Waals surface area (Å²) in [5.41, 5.74) is 6.65. The number of nitrogens with zero attached hydrogens (tertiary/aromatic N) is 2. The van der Waals surface area contributed by atoms with Gasteiger partial charge < -0.3 is 20.9 Å². The molecule has 8 nitrogen and oxygen atoms in total. The first-order valence-corrected chi connectivity index (χ1v) is 12.6. The van der Waals surface area contributed by atoms with Gasteiger partial charge in [-0.15, -0.1) is 0 Å². The smallest absolute Gasteiger partial charge is 0.290 e. The number of amides is 3. The molecule has 194 valence electrons. The van der Waals surface area contributed by atoms with Gasteiger partial charge in [-0.2, -0.15) is 0 Å². The van der Waals surface area contributed by atoms with Crippen LogP contribution in [0.3, 0.4) is 0 Å². The van der Waals surface area contributed by atoms with Gasteiger partial charge in [-0.3, -0.25) is 19.2 Å². The maximum absolute atomic E-state index is 13.5. The summed E-state index contributed by atoms with van der Waals surface area (Å²) in [5, 5.41) is 2.77. The van der Waals surface area contributed by atoms with Crippen molar-refractivity contribution in [2.75, 3.05) is 13.6 Å². The predicted octanol–water partition coefficient (Wildman–Crippen LogP) is 2.81. The van der Waals surface area contributed by atoms with Gasteiger partial charge in [0.05, 0.1) is 18.1 Å². The fourth-order valence-electron chi connectivity index (χ4n) is 4.37. The predicted molar refractivity (Wildman–Crippen MR) is 136 cm³/mol. The number of hydrogen-bond acceptors (Lipinski definition) is 5. The highest BCUT2D eigenvalue weighted by Gasteiger charge is 2.42. The van der Waals surface area contributed by atoms with Crippen LogP contribution in [-0.4, -0.2) is 65.0 Å². The summed E-state index contributed by atoms with van der Waals surface area (Å²) in [6.45, 7) is 9.94. The fraction of sp³-hybridized carbons (Fsp3) is 0.630. The number of hydrogen-bond donors (Lipinski definition) is 2. The Bertz CT molecular complexity index is 896. The molecular weight excluding hydrogens is 444 g/mol. The van der Waals surface area contributed by atoms with E-state index in [-0.39, 0.29) is 17.9 Å². The lowest BCUT2D eigenvalue weighted by molar-refractivity contribution is -0.150. The van der Waals surface area contributed by atoms with Crippen molar-refractivity contribution in [3.8, 4) is 0 Å². The van der Waals surface area contributed by atoms with E-state index in [1.54, 1.807) is 11.9 Å². The molecule has 8 heteroatoms. The minimum absolute atomic E-state index is 0.257. The van der Waals surface area contributed by atoms with Crippen molar-refractivity contribution in [3.05, 3.63) is 35.9 Å². The van der Waals surface area contributed by atoms with Crippen LogP contribution in [0.1, 0.15) is 78.3 Å². The number of unbranched alkanes of at least 4 members (excludes halogenated alkanes) is 1. The quantitative estimate of drug-likeness (QED) is 0.494. The van der Waals surface area contributed by atoms with Crippen molar-refractivity contribution in [2.45, 2.75) is 90.9 Å². The van der Waals surface area contributed by atoms with Crippen LogP contribution in [0.5, 0.6) is 0 Å². The van der Waals surface area contributed by atoms with E-state index in [1.165, 1.54) is 4.90 Å². The number of carbonyl (C=O) groups is 4. The first-order valence-electron chi connectivity index (χ1n) is 12.6. The second kappa shape index (κ2) is 12.3. The Morgan fingerprint density at radius 1 is 1.17 bits per heavy atom. The van der Waals surface area contributed by atoms with E-state index >= 15 is 0 Å². The number of nitrogens with two attached hydrogens (primary N) is 1. The number of likely N-dealkylation sites (N-methyl/N-ethyl adjacent to an activating group) is 1. The second-order valence-electron chi connectivity index (χ2n) is 10.6. The van der Waals surface area contributed by atoms with E-state index < -0.39 is 35.2 Å². The summed E-state index contributed by atoms with van der Waals surface area (Å²) < 4.78 is 0. The number of benzene rings is 1. The number of likely N-dealkylation sites (tertiary alicyclic amines) is 1. The highest BCUT2D eigenvalue weighted by atomic mass is 16.2. The molecule has 0 saturated carbocycles. The number of nitrogens with one attached hydrogen (secondary N) is 1. The average Bonchev–Trinajstić information content (AvgIpc) is 3.32. The number of ketones is 1. The third kappa shape index (κ3) is 7.13. The summed E-state index contributed by atoms with van der Waals surface area (Å²) in [6, 6.07) is 6.75. The van der Waals surface area contributed by atoms with Crippen molar-refractivity contribution in [1.29, 1.82) is 0 Å². The summed E-state index contributed by atoms with van der Waals surface area (Å²) in [4.78, 5) is 55.6. The molecule has 1 aliphatic rings. The third-order valence-corrected chi connectivity index (χ3v) is 6.84. The second-order valence-corrected chi connectivity index (χ2v) is 10.6. The first-order chi connectivity index (χ1) is 16.4. The van der Waals surface area contributed by atoms with Crippen LogP contribution in [0.2, 0.25) is 0 Å². The van der Waals surface area contributed by atoms with E-state index in [4.69, 9.17) is 5.73 Å². The van der Waals surface area contributed by atoms with Gasteiger partial charge in [0.15, 0.2) is 0 Å². The summed E-state index contributed by atoms with van der Waals surface area (Å²) in [5.74, 6) is -1.93. The highest BCUT2D eigenvalue weighted by Crippen LogP contribution is 2.26. The molecule has 1 fully saturated rings. The maximum Gasteiger partial charge on any atom is 0.290 e. The Kier molecular flexibility index (Phi) is 10.0. The van der Waals surface area contributed by atoms with Gasteiger partial charge in [-0.05, 0) is 37.2 Å². The van der Waals surface area contributed by atoms with Gasteiger partial charge >= 0.3 is 0 Å². The van der Waals surface area contributed by atoms with Crippen molar-refractivity contribution < 1.29 is 19.2 Å². The van der Waals surface area contributed by atoms with E-state index in [0.717, 1.165) is 12.0 Å². The standard InChI is InChI=1S/C27H42N4O4/c1-7-8-15-20(22(32)24(33)29-18(2)19-13-10-9-11-14-19)30(6)25(34)21-16-12-17-31(21)26(35)23(28)27(3,4)5/h9-11,13-14,18,20-21,23H,7-8,12,15-17,28H2,1-6H3,(H,29,33)/t18-,20?,21-,23+/m0/s1. The van der Waals surface area contributed by atoms with Gasteiger partial charge in [0.25, 0.3) is 5.91 Å². The minimum atomic E-state index is -0.890. The molecule has 0 radical (unpaired) electrons. The topological polar surface area (TPSA) is 113 Å². The molecule has 1 aliphatic heterocycles. The van der Waals surface area contributed by atoms with Gasteiger partial charge in [-0.1, -0.05) is 70.9 Å². The fourth-order valence-corrected chi connectivity index (χ4v) is 4.37. The Balaban J connectivity index is 2.17. The molecule has 35 heavy (non-hydrogen) atoms. The van der Waals surface area contributed by atoms with Crippen LogP contribution >= 0.6 is 0 Å². The van der Waals surface area contributed by atoms with Crippen LogP contribution in [0.15, 0.2) is 30.3 Å². The van der Waals surface area contributed by atoms with Crippen molar-refractivity contribution in [3.63, 3.8) is 0 Å². The molecule has 1 aromatic carbocycles. The zero-order valence-electron chi connectivity index (χ0n) is 22.0. The van der Waals surface area contributed by atoms with Crippen LogP contribution in [0.25, 0.3) is 0 Å². The van der Waals surface area contributed by atoms with E-state index in [9.17, 15) is 19.2 Å². The van der Waals surface area contributed by atoms with Gasteiger partial charge in [0.2, 0.25) is 17.6 Å². The third-order valence-electron chi connectivity index (χ3n) is 6.84. The molecule has 0 aliphatic carbocycles. The maximum atomic E-state index is 13.5. The van der Waals surface area contributed by atoms with Crippen molar-refractivity contribution in [1.82, 2.24) is 15.1 Å². The molecule has 1 heterocycles. The van der Waals surface area contributed by atoms with Crippen LogP contribution in [0.4, 0.5) is 0 Å². The minimum Gasteiger partial charge on any atom is -0.343 e. The Morgan fingerprint density at radius 3 is 2.37 bits per heavy atom. The number of carbonyl (C=O) groups excluding carboxylic acids is 4. The van der Waals surface area contributed by atoms with E-state index in [0.29, 0.717) is 32.2 Å². The lowest BCUT2D eigenvalue weighted by Crippen LogP contribution is -2.57. The monoisotopic (exact) mass is 486 g/mol. The molecule has 3 amide bonds. The zero-order chi connectivity index (χ0) is 26.3. The molecule has 0 spiro atoms.